The van der Waals surface area contributed by atoms with Gasteiger partial charge in [-0.2, -0.15) is 15.0 Å². The zero-order valence-corrected chi connectivity index (χ0v) is 14.9. The minimum absolute atomic E-state index is 0.161. The van der Waals surface area contributed by atoms with Crippen LogP contribution < -0.4 is 20.3 Å². The predicted octanol–water partition coefficient (Wildman–Crippen LogP) is 1.35. The first-order valence-corrected chi connectivity index (χ1v) is 8.38. The predicted molar refractivity (Wildman–Crippen MR) is 96.4 cm³/mol. The molecule has 0 atom stereocenters. The summed E-state index contributed by atoms with van der Waals surface area (Å²) in [5.41, 5.74) is 1.74. The molecule has 1 aliphatic rings. The van der Waals surface area contributed by atoms with Crippen LogP contribution in [0.2, 0.25) is 0 Å². The summed E-state index contributed by atoms with van der Waals surface area (Å²) in [6.07, 6.45) is 0. The zero-order chi connectivity index (χ0) is 18.4. The second kappa shape index (κ2) is 8.43. The van der Waals surface area contributed by atoms with Crippen LogP contribution in [0.15, 0.2) is 24.3 Å². The molecule has 2 heterocycles. The first-order chi connectivity index (χ1) is 12.7. The van der Waals surface area contributed by atoms with Gasteiger partial charge in [0.1, 0.15) is 0 Å². The molecule has 0 saturated carbocycles. The fraction of sp³-hybridized carbons (Fsp3) is 0.412. The highest BCUT2D eigenvalue weighted by Gasteiger charge is 2.17. The topological polar surface area (TPSA) is 102 Å². The summed E-state index contributed by atoms with van der Waals surface area (Å²) in [5, 5.41) is 5.56. The molecule has 2 amide bonds. The van der Waals surface area contributed by atoms with Gasteiger partial charge in [0.25, 0.3) is 0 Å². The number of para-hydroxylation sites is 1. The van der Waals surface area contributed by atoms with Gasteiger partial charge >= 0.3 is 12.0 Å². The van der Waals surface area contributed by atoms with Crippen molar-refractivity contribution in [2.24, 2.45) is 0 Å². The smallest absolute Gasteiger partial charge is 0.321 e. The van der Waals surface area contributed by atoms with Crippen LogP contribution in [0, 0.1) is 6.92 Å². The number of benzene rings is 1. The first kappa shape index (κ1) is 17.9. The lowest BCUT2D eigenvalue weighted by atomic mass is 10.2. The molecule has 2 aromatic rings. The number of amides is 2. The molecule has 138 valence electrons. The molecule has 26 heavy (non-hydrogen) atoms. The number of ether oxygens (including phenoxy) is 2. The van der Waals surface area contributed by atoms with E-state index < -0.39 is 0 Å². The van der Waals surface area contributed by atoms with E-state index in [1.54, 1.807) is 0 Å². The van der Waals surface area contributed by atoms with Crippen molar-refractivity contribution >= 4 is 17.7 Å². The maximum atomic E-state index is 12.1. The van der Waals surface area contributed by atoms with Crippen LogP contribution >= 0.6 is 0 Å². The molecule has 9 nitrogen and oxygen atoms in total. The SMILES string of the molecule is COc1nc(CNC(=O)Nc2ccccc2C)nc(N2CCOCC2)n1. The van der Waals surface area contributed by atoms with E-state index in [4.69, 9.17) is 9.47 Å². The Labute approximate surface area is 151 Å². The molecular formula is C17H22N6O3. The third kappa shape index (κ3) is 4.57. The molecular weight excluding hydrogens is 336 g/mol. The number of rotatable bonds is 5. The number of carbonyl (C=O) groups is 1. The van der Waals surface area contributed by atoms with Gasteiger partial charge < -0.3 is 25.0 Å². The number of aryl methyl sites for hydroxylation is 1. The monoisotopic (exact) mass is 358 g/mol. The van der Waals surface area contributed by atoms with E-state index >= 15 is 0 Å². The molecule has 0 bridgehead atoms. The molecule has 1 fully saturated rings. The normalized spacial score (nSPS) is 14.0. The number of urea groups is 1. The standard InChI is InChI=1S/C17H22N6O3/c1-12-5-3-4-6-13(12)19-16(24)18-11-14-20-15(22-17(21-14)25-2)23-7-9-26-10-8-23/h3-6H,7-11H2,1-2H3,(H2,18,19,24). The van der Waals surface area contributed by atoms with Crippen molar-refractivity contribution in [2.75, 3.05) is 43.6 Å². The van der Waals surface area contributed by atoms with E-state index in [1.165, 1.54) is 7.11 Å². The molecule has 1 aliphatic heterocycles. The highest BCUT2D eigenvalue weighted by Crippen LogP contribution is 2.14. The van der Waals surface area contributed by atoms with Crippen LogP contribution in [-0.4, -0.2) is 54.4 Å². The van der Waals surface area contributed by atoms with Crippen LogP contribution in [0.3, 0.4) is 0 Å². The van der Waals surface area contributed by atoms with E-state index in [-0.39, 0.29) is 18.6 Å². The third-order valence-electron chi connectivity index (χ3n) is 3.93. The van der Waals surface area contributed by atoms with Crippen molar-refractivity contribution in [3.05, 3.63) is 35.7 Å². The Bertz CT molecular complexity index is 764. The molecule has 3 rings (SSSR count). The molecule has 0 spiro atoms. The molecule has 0 aliphatic carbocycles. The lowest BCUT2D eigenvalue weighted by Crippen LogP contribution is -2.38. The number of aromatic nitrogens is 3. The highest BCUT2D eigenvalue weighted by molar-refractivity contribution is 5.89. The average Bonchev–Trinajstić information content (AvgIpc) is 2.68. The molecule has 1 aromatic heterocycles. The van der Waals surface area contributed by atoms with Gasteiger partial charge in [-0.3, -0.25) is 0 Å². The zero-order valence-electron chi connectivity index (χ0n) is 14.9. The van der Waals surface area contributed by atoms with Gasteiger partial charge in [-0.05, 0) is 18.6 Å². The lowest BCUT2D eigenvalue weighted by molar-refractivity contribution is 0.122. The van der Waals surface area contributed by atoms with Gasteiger partial charge in [0, 0.05) is 18.8 Å². The van der Waals surface area contributed by atoms with Crippen molar-refractivity contribution in [3.63, 3.8) is 0 Å². The number of carbonyl (C=O) groups excluding carboxylic acids is 1. The van der Waals surface area contributed by atoms with Crippen molar-refractivity contribution in [2.45, 2.75) is 13.5 Å². The molecule has 9 heteroatoms. The van der Waals surface area contributed by atoms with Crippen LogP contribution in [0.1, 0.15) is 11.4 Å². The van der Waals surface area contributed by atoms with Crippen LogP contribution in [0.4, 0.5) is 16.4 Å². The number of anilines is 2. The summed E-state index contributed by atoms with van der Waals surface area (Å²) in [7, 11) is 1.50. The average molecular weight is 358 g/mol. The van der Waals surface area contributed by atoms with Crippen molar-refractivity contribution in [1.82, 2.24) is 20.3 Å². The van der Waals surface area contributed by atoms with Crippen LogP contribution in [0.25, 0.3) is 0 Å². The largest absolute Gasteiger partial charge is 0.467 e. The maximum Gasteiger partial charge on any atom is 0.321 e. The summed E-state index contributed by atoms with van der Waals surface area (Å²) in [6.45, 7) is 4.75. The van der Waals surface area contributed by atoms with Gasteiger partial charge in [0.05, 0.1) is 26.9 Å². The summed E-state index contributed by atoms with van der Waals surface area (Å²) in [5.74, 6) is 0.953. The molecule has 0 unspecified atom stereocenters. The van der Waals surface area contributed by atoms with Crippen LogP contribution in [0.5, 0.6) is 6.01 Å². The number of nitrogens with one attached hydrogen (secondary N) is 2. The van der Waals surface area contributed by atoms with Gasteiger partial charge in [-0.1, -0.05) is 18.2 Å². The Morgan fingerprint density at radius 3 is 2.73 bits per heavy atom. The number of methoxy groups -OCH3 is 1. The Kier molecular flexibility index (Phi) is 5.80. The Hall–Kier alpha value is -2.94. The van der Waals surface area contributed by atoms with E-state index in [1.807, 2.05) is 36.1 Å². The van der Waals surface area contributed by atoms with Crippen molar-refractivity contribution < 1.29 is 14.3 Å². The number of hydrogen-bond donors (Lipinski definition) is 2. The summed E-state index contributed by atoms with van der Waals surface area (Å²) in [6, 6.07) is 7.46. The van der Waals surface area contributed by atoms with Gasteiger partial charge in [-0.15, -0.1) is 0 Å². The van der Waals surface area contributed by atoms with Gasteiger partial charge in [0.15, 0.2) is 5.82 Å². The minimum Gasteiger partial charge on any atom is -0.467 e. The molecule has 1 saturated heterocycles. The summed E-state index contributed by atoms with van der Waals surface area (Å²) >= 11 is 0. The summed E-state index contributed by atoms with van der Waals surface area (Å²) in [4.78, 5) is 27.0. The summed E-state index contributed by atoms with van der Waals surface area (Å²) < 4.78 is 10.5. The fourth-order valence-electron chi connectivity index (χ4n) is 2.50. The number of nitrogens with zero attached hydrogens (tertiary/aromatic N) is 4. The van der Waals surface area contributed by atoms with E-state index in [9.17, 15) is 4.79 Å². The second-order valence-electron chi connectivity index (χ2n) is 5.76. The van der Waals surface area contributed by atoms with Crippen molar-refractivity contribution in [1.29, 1.82) is 0 Å². The van der Waals surface area contributed by atoms with Gasteiger partial charge in [-0.25, -0.2) is 4.79 Å². The Morgan fingerprint density at radius 1 is 1.23 bits per heavy atom. The number of hydrogen-bond acceptors (Lipinski definition) is 7. The van der Waals surface area contributed by atoms with Crippen LogP contribution in [-0.2, 0) is 11.3 Å². The first-order valence-electron chi connectivity index (χ1n) is 8.38. The molecule has 1 aromatic carbocycles. The fourth-order valence-corrected chi connectivity index (χ4v) is 2.50. The minimum atomic E-state index is -0.327. The highest BCUT2D eigenvalue weighted by atomic mass is 16.5. The van der Waals surface area contributed by atoms with Gasteiger partial charge in [0.2, 0.25) is 5.95 Å². The van der Waals surface area contributed by atoms with E-state index in [0.29, 0.717) is 38.1 Å². The van der Waals surface area contributed by atoms with Crippen molar-refractivity contribution in [3.8, 4) is 6.01 Å². The second-order valence-corrected chi connectivity index (χ2v) is 5.76. The Morgan fingerprint density at radius 2 is 2.00 bits per heavy atom. The maximum absolute atomic E-state index is 12.1. The van der Waals surface area contributed by atoms with E-state index in [0.717, 1.165) is 11.3 Å². The third-order valence-corrected chi connectivity index (χ3v) is 3.93. The van der Waals surface area contributed by atoms with E-state index in [2.05, 4.69) is 25.6 Å². The lowest BCUT2D eigenvalue weighted by Gasteiger charge is -2.26. The molecule has 2 N–H and O–H groups in total. The Balaban J connectivity index is 1.65. The quantitative estimate of drug-likeness (QED) is 0.832. The molecule has 0 radical (unpaired) electrons. The number of morpholine rings is 1.